The summed E-state index contributed by atoms with van der Waals surface area (Å²) in [5, 5.41) is 12.6. The van der Waals surface area contributed by atoms with Gasteiger partial charge in [-0.25, -0.2) is 14.8 Å². The number of rotatable bonds is 6. The Balaban J connectivity index is 1.65. The van der Waals surface area contributed by atoms with Crippen molar-refractivity contribution in [2.45, 2.75) is 6.54 Å². The van der Waals surface area contributed by atoms with Gasteiger partial charge < -0.3 is 9.30 Å². The van der Waals surface area contributed by atoms with Crippen LogP contribution in [-0.2, 0) is 35.0 Å². The van der Waals surface area contributed by atoms with Crippen LogP contribution in [0, 0.1) is 10.1 Å². The van der Waals surface area contributed by atoms with Gasteiger partial charge in [-0.1, -0.05) is 0 Å². The molecule has 3 aromatic rings. The molecule has 0 unspecified atom stereocenters. The van der Waals surface area contributed by atoms with Crippen molar-refractivity contribution in [2.24, 2.45) is 14.1 Å². The number of hydrogen-bond acceptors (Lipinski definition) is 10. The molecule has 1 amide bonds. The molecule has 3 aromatic heterocycles. The third-order valence-corrected chi connectivity index (χ3v) is 4.67. The van der Waals surface area contributed by atoms with E-state index in [0.29, 0.717) is 11.3 Å². The molecule has 0 spiro atoms. The van der Waals surface area contributed by atoms with Crippen molar-refractivity contribution in [3.05, 3.63) is 43.5 Å². The zero-order valence-electron chi connectivity index (χ0n) is 15.0. The van der Waals surface area contributed by atoms with Crippen LogP contribution in [0.25, 0.3) is 11.2 Å². The van der Waals surface area contributed by atoms with E-state index < -0.39 is 41.2 Å². The monoisotopic (exact) mass is 423 g/mol. The minimum atomic E-state index is -0.833. The molecule has 0 aliphatic carbocycles. The lowest BCUT2D eigenvalue weighted by molar-refractivity contribution is -0.380. The van der Waals surface area contributed by atoms with Gasteiger partial charge in [0.05, 0.1) is 11.3 Å². The van der Waals surface area contributed by atoms with Gasteiger partial charge in [-0.05, 0) is 11.3 Å². The van der Waals surface area contributed by atoms with Gasteiger partial charge in [0.2, 0.25) is 0 Å². The van der Waals surface area contributed by atoms with Crippen LogP contribution in [0.4, 0.5) is 10.1 Å². The van der Waals surface area contributed by atoms with Gasteiger partial charge in [0, 0.05) is 14.1 Å². The maximum absolute atomic E-state index is 12.3. The Morgan fingerprint density at radius 3 is 2.66 bits per heavy atom. The van der Waals surface area contributed by atoms with Gasteiger partial charge in [-0.2, -0.15) is 0 Å². The Kier molecular flexibility index (Phi) is 5.22. The average molecular weight is 423 g/mol. The highest BCUT2D eigenvalue weighted by Gasteiger charge is 2.18. The first-order chi connectivity index (χ1) is 13.7. The summed E-state index contributed by atoms with van der Waals surface area (Å²) in [5.74, 6) is -1.57. The van der Waals surface area contributed by atoms with Gasteiger partial charge in [0.15, 0.2) is 22.9 Å². The van der Waals surface area contributed by atoms with E-state index in [1.54, 1.807) is 0 Å². The summed E-state index contributed by atoms with van der Waals surface area (Å²) in [5.41, 5.74) is -1.05. The summed E-state index contributed by atoms with van der Waals surface area (Å²) >= 11 is 0.654. The average Bonchev–Trinajstić information content (AvgIpc) is 3.30. The molecule has 3 rings (SSSR count). The first kappa shape index (κ1) is 19.9. The first-order valence-electron chi connectivity index (χ1n) is 7.85. The molecule has 0 fully saturated rings. The van der Waals surface area contributed by atoms with E-state index >= 15 is 0 Å². The fourth-order valence-electron chi connectivity index (χ4n) is 2.41. The van der Waals surface area contributed by atoms with Crippen molar-refractivity contribution >= 4 is 44.5 Å². The second kappa shape index (κ2) is 7.63. The number of carbonyl (C=O) groups excluding carboxylic acids is 2. The van der Waals surface area contributed by atoms with E-state index in [-0.39, 0.29) is 21.3 Å². The molecule has 0 aromatic carbocycles. The van der Waals surface area contributed by atoms with E-state index in [4.69, 9.17) is 4.74 Å². The van der Waals surface area contributed by atoms with Gasteiger partial charge >= 0.3 is 16.7 Å². The molecule has 0 radical (unpaired) electrons. The summed E-state index contributed by atoms with van der Waals surface area (Å²) in [6.45, 7) is -1.07. The predicted octanol–water partition coefficient (Wildman–Crippen LogP) is -1.02. The standard InChI is InChI=1S/C14H13N7O7S/c1-18-11-10(12(24)19(2)14(18)25)20(6-16-11)4-9(23)28-5-7(22)17-13-15-3-8(29-13)21(26)27/h3,6H,4-5H2,1-2H3,(H,15,17,22). The summed E-state index contributed by atoms with van der Waals surface area (Å²) in [6, 6.07) is 0. The van der Waals surface area contributed by atoms with Crippen LogP contribution in [0.1, 0.15) is 0 Å². The molecule has 152 valence electrons. The Morgan fingerprint density at radius 2 is 2.00 bits per heavy atom. The highest BCUT2D eigenvalue weighted by Crippen LogP contribution is 2.24. The second-order valence-corrected chi connectivity index (χ2v) is 6.73. The summed E-state index contributed by atoms with van der Waals surface area (Å²) in [6.07, 6.45) is 2.20. The van der Waals surface area contributed by atoms with Crippen LogP contribution in [0.3, 0.4) is 0 Å². The number of nitro groups is 1. The largest absolute Gasteiger partial charge is 0.454 e. The van der Waals surface area contributed by atoms with Crippen molar-refractivity contribution in [3.63, 3.8) is 0 Å². The summed E-state index contributed by atoms with van der Waals surface area (Å²) in [4.78, 5) is 65.6. The molecule has 0 aliphatic rings. The van der Waals surface area contributed by atoms with Crippen molar-refractivity contribution in [1.82, 2.24) is 23.7 Å². The molecule has 0 saturated heterocycles. The maximum atomic E-state index is 12.3. The van der Waals surface area contributed by atoms with E-state index in [0.717, 1.165) is 10.8 Å². The number of hydrogen-bond donors (Lipinski definition) is 1. The zero-order chi connectivity index (χ0) is 21.3. The van der Waals surface area contributed by atoms with Crippen LogP contribution < -0.4 is 16.6 Å². The van der Waals surface area contributed by atoms with Crippen molar-refractivity contribution < 1.29 is 19.2 Å². The van der Waals surface area contributed by atoms with Crippen molar-refractivity contribution in [3.8, 4) is 0 Å². The highest BCUT2D eigenvalue weighted by atomic mass is 32.1. The van der Waals surface area contributed by atoms with E-state index in [1.165, 1.54) is 29.6 Å². The fraction of sp³-hybridized carbons (Fsp3) is 0.286. The number of carbonyl (C=O) groups is 2. The molecular formula is C14H13N7O7S. The number of aryl methyl sites for hydroxylation is 1. The number of nitrogens with zero attached hydrogens (tertiary/aromatic N) is 6. The van der Waals surface area contributed by atoms with Crippen LogP contribution in [0.15, 0.2) is 22.1 Å². The van der Waals surface area contributed by atoms with E-state index in [2.05, 4.69) is 15.3 Å². The second-order valence-electron chi connectivity index (χ2n) is 5.72. The Bertz CT molecular complexity index is 1250. The molecular weight excluding hydrogens is 410 g/mol. The quantitative estimate of drug-likeness (QED) is 0.296. The number of anilines is 1. The fourth-order valence-corrected chi connectivity index (χ4v) is 3.06. The van der Waals surface area contributed by atoms with Gasteiger partial charge in [0.1, 0.15) is 12.7 Å². The molecule has 0 atom stereocenters. The molecule has 14 nitrogen and oxygen atoms in total. The molecule has 3 heterocycles. The van der Waals surface area contributed by atoms with Gasteiger partial charge in [0.25, 0.3) is 11.5 Å². The van der Waals surface area contributed by atoms with Crippen molar-refractivity contribution in [2.75, 3.05) is 11.9 Å². The number of nitrogens with one attached hydrogen (secondary N) is 1. The third kappa shape index (κ3) is 3.88. The summed E-state index contributed by atoms with van der Waals surface area (Å²) in [7, 11) is 2.74. The molecule has 1 N–H and O–H groups in total. The van der Waals surface area contributed by atoms with Gasteiger partial charge in [-0.3, -0.25) is 38.9 Å². The lowest BCUT2D eigenvalue weighted by Gasteiger charge is -2.07. The predicted molar refractivity (Wildman–Crippen MR) is 98.6 cm³/mol. The highest BCUT2D eigenvalue weighted by molar-refractivity contribution is 7.18. The number of imidazole rings is 1. The third-order valence-electron chi connectivity index (χ3n) is 3.80. The molecule has 0 saturated carbocycles. The normalized spacial score (nSPS) is 10.8. The lowest BCUT2D eigenvalue weighted by atomic mass is 10.5. The van der Waals surface area contributed by atoms with Crippen LogP contribution in [-0.4, -0.2) is 47.1 Å². The number of aromatic nitrogens is 5. The number of amides is 1. The minimum absolute atomic E-state index is 0.0113. The smallest absolute Gasteiger partial charge is 0.345 e. The molecule has 0 aliphatic heterocycles. The van der Waals surface area contributed by atoms with Crippen LogP contribution in [0.5, 0.6) is 0 Å². The number of thiazole rings is 1. The lowest BCUT2D eigenvalue weighted by Crippen LogP contribution is -2.37. The number of ether oxygens (including phenoxy) is 1. The molecule has 29 heavy (non-hydrogen) atoms. The SMILES string of the molecule is Cn1c(=O)c2c(ncn2CC(=O)OCC(=O)Nc2ncc([N+](=O)[O-])s2)n(C)c1=O. The number of fused-ring (bicyclic) bond motifs is 1. The number of esters is 1. The maximum Gasteiger partial charge on any atom is 0.345 e. The van der Waals surface area contributed by atoms with Crippen LogP contribution >= 0.6 is 11.3 Å². The van der Waals surface area contributed by atoms with Crippen molar-refractivity contribution in [1.29, 1.82) is 0 Å². The zero-order valence-corrected chi connectivity index (χ0v) is 15.8. The van der Waals surface area contributed by atoms with Gasteiger partial charge in [-0.15, -0.1) is 0 Å². The minimum Gasteiger partial charge on any atom is -0.454 e. The summed E-state index contributed by atoms with van der Waals surface area (Å²) < 4.78 is 8.10. The first-order valence-corrected chi connectivity index (χ1v) is 8.67. The Hall–Kier alpha value is -3.88. The Morgan fingerprint density at radius 1 is 1.28 bits per heavy atom. The topological polar surface area (TPSA) is 173 Å². The molecule has 15 heteroatoms. The van der Waals surface area contributed by atoms with E-state index in [1.807, 2.05) is 0 Å². The Labute approximate surface area is 164 Å². The van der Waals surface area contributed by atoms with E-state index in [9.17, 15) is 29.3 Å². The molecule has 0 bridgehead atoms. The van der Waals surface area contributed by atoms with Crippen LogP contribution in [0.2, 0.25) is 0 Å².